The molecular formula is C9H6N2O2S2. The number of nitro groups is 1. The number of rotatable bonds is 3. The van der Waals surface area contributed by atoms with Crippen molar-refractivity contribution in [3.8, 4) is 0 Å². The van der Waals surface area contributed by atoms with Crippen LogP contribution in [0.5, 0.6) is 0 Å². The molecule has 0 spiro atoms. The Hall–Kier alpha value is -1.40. The lowest BCUT2D eigenvalue weighted by atomic mass is 10.4. The van der Waals surface area contributed by atoms with Gasteiger partial charge in [-0.25, -0.2) is 4.98 Å². The standard InChI is InChI=1S/C9H6N2O2S2/c12-11(13)7-3-1-5-10-9(7)15-8-4-2-6-14-8/h1-6H. The first-order valence-corrected chi connectivity index (χ1v) is 5.78. The summed E-state index contributed by atoms with van der Waals surface area (Å²) in [5.41, 5.74) is 0.0518. The number of nitrogens with zero attached hydrogens (tertiary/aromatic N) is 2. The first-order valence-electron chi connectivity index (χ1n) is 4.08. The van der Waals surface area contributed by atoms with Crippen LogP contribution in [0.4, 0.5) is 5.69 Å². The number of pyridine rings is 1. The average Bonchev–Trinajstić information content (AvgIpc) is 2.71. The molecule has 0 saturated heterocycles. The first kappa shape index (κ1) is 10.1. The van der Waals surface area contributed by atoms with Crippen molar-refractivity contribution < 1.29 is 4.92 Å². The number of hydrogen-bond acceptors (Lipinski definition) is 5. The molecule has 2 rings (SSSR count). The van der Waals surface area contributed by atoms with Crippen molar-refractivity contribution in [3.63, 3.8) is 0 Å². The van der Waals surface area contributed by atoms with E-state index in [1.807, 2.05) is 17.5 Å². The average molecular weight is 238 g/mol. The van der Waals surface area contributed by atoms with Gasteiger partial charge in [0.2, 0.25) is 0 Å². The zero-order valence-electron chi connectivity index (χ0n) is 7.49. The molecule has 2 aromatic heterocycles. The van der Waals surface area contributed by atoms with Crippen LogP contribution in [-0.2, 0) is 0 Å². The van der Waals surface area contributed by atoms with E-state index >= 15 is 0 Å². The second kappa shape index (κ2) is 4.41. The van der Waals surface area contributed by atoms with E-state index in [9.17, 15) is 10.1 Å². The van der Waals surface area contributed by atoms with E-state index in [0.29, 0.717) is 5.03 Å². The summed E-state index contributed by atoms with van der Waals surface area (Å²) in [6, 6.07) is 6.84. The molecule has 0 aliphatic carbocycles. The fraction of sp³-hybridized carbons (Fsp3) is 0. The summed E-state index contributed by atoms with van der Waals surface area (Å²) in [4.78, 5) is 14.3. The maximum atomic E-state index is 10.7. The molecule has 0 N–H and O–H groups in total. The molecule has 0 amide bonds. The number of hydrogen-bond donors (Lipinski definition) is 0. The molecule has 2 heterocycles. The summed E-state index contributed by atoms with van der Waals surface area (Å²) in [6.07, 6.45) is 1.56. The van der Waals surface area contributed by atoms with Gasteiger partial charge >= 0.3 is 5.69 Å². The van der Waals surface area contributed by atoms with E-state index in [0.717, 1.165) is 4.21 Å². The second-order valence-corrected chi connectivity index (χ2v) is 4.86. The Kier molecular flexibility index (Phi) is 2.98. The predicted octanol–water partition coefficient (Wildman–Crippen LogP) is 3.20. The van der Waals surface area contributed by atoms with Gasteiger partial charge in [0.1, 0.15) is 0 Å². The fourth-order valence-corrected chi connectivity index (χ4v) is 2.76. The molecular weight excluding hydrogens is 232 g/mol. The van der Waals surface area contributed by atoms with Crippen molar-refractivity contribution in [3.05, 3.63) is 46.0 Å². The summed E-state index contributed by atoms with van der Waals surface area (Å²) in [5.74, 6) is 0. The molecule has 0 saturated carbocycles. The maximum absolute atomic E-state index is 10.7. The SMILES string of the molecule is O=[N+]([O-])c1cccnc1Sc1cccs1. The van der Waals surface area contributed by atoms with Crippen LogP contribution in [0, 0.1) is 10.1 Å². The Labute approximate surface area is 94.1 Å². The smallest absolute Gasteiger partial charge is 0.258 e. The van der Waals surface area contributed by atoms with Gasteiger partial charge in [-0.2, -0.15) is 0 Å². The molecule has 6 heteroatoms. The van der Waals surface area contributed by atoms with Crippen LogP contribution in [0.1, 0.15) is 0 Å². The predicted molar refractivity (Wildman–Crippen MR) is 59.3 cm³/mol. The Morgan fingerprint density at radius 2 is 2.27 bits per heavy atom. The van der Waals surface area contributed by atoms with Gasteiger partial charge in [-0.3, -0.25) is 10.1 Å². The minimum Gasteiger partial charge on any atom is -0.258 e. The highest BCUT2D eigenvalue weighted by molar-refractivity contribution is 8.01. The highest BCUT2D eigenvalue weighted by atomic mass is 32.2. The molecule has 0 unspecified atom stereocenters. The van der Waals surface area contributed by atoms with Gasteiger partial charge in [-0.05, 0) is 17.5 Å². The molecule has 15 heavy (non-hydrogen) atoms. The largest absolute Gasteiger partial charge is 0.301 e. The summed E-state index contributed by atoms with van der Waals surface area (Å²) < 4.78 is 0.997. The van der Waals surface area contributed by atoms with E-state index in [1.54, 1.807) is 12.3 Å². The van der Waals surface area contributed by atoms with Crippen molar-refractivity contribution in [2.75, 3.05) is 0 Å². The van der Waals surface area contributed by atoms with Crippen LogP contribution >= 0.6 is 23.1 Å². The molecule has 0 aromatic carbocycles. The molecule has 0 atom stereocenters. The van der Waals surface area contributed by atoms with Crippen molar-refractivity contribution in [1.29, 1.82) is 0 Å². The summed E-state index contributed by atoms with van der Waals surface area (Å²) >= 11 is 2.85. The minimum absolute atomic E-state index is 0.0518. The minimum atomic E-state index is -0.414. The Balaban J connectivity index is 2.32. The van der Waals surface area contributed by atoms with Gasteiger partial charge in [0.05, 0.1) is 9.13 Å². The van der Waals surface area contributed by atoms with E-state index in [1.165, 1.54) is 29.2 Å². The number of thiophene rings is 1. The van der Waals surface area contributed by atoms with Gasteiger partial charge in [-0.15, -0.1) is 11.3 Å². The van der Waals surface area contributed by atoms with E-state index < -0.39 is 4.92 Å². The second-order valence-electron chi connectivity index (χ2n) is 2.62. The molecule has 0 fully saturated rings. The van der Waals surface area contributed by atoms with Gasteiger partial charge in [0.25, 0.3) is 0 Å². The lowest BCUT2D eigenvalue weighted by molar-refractivity contribution is -0.388. The van der Waals surface area contributed by atoms with Gasteiger partial charge in [-0.1, -0.05) is 17.8 Å². The zero-order valence-corrected chi connectivity index (χ0v) is 9.12. The molecule has 0 bridgehead atoms. The fourth-order valence-electron chi connectivity index (χ4n) is 1.02. The van der Waals surface area contributed by atoms with E-state index in [-0.39, 0.29) is 5.69 Å². The highest BCUT2D eigenvalue weighted by Crippen LogP contribution is 2.34. The van der Waals surface area contributed by atoms with E-state index in [2.05, 4.69) is 4.98 Å². The third-order valence-electron chi connectivity index (χ3n) is 1.64. The third kappa shape index (κ3) is 2.34. The normalized spacial score (nSPS) is 10.1. The topological polar surface area (TPSA) is 56.0 Å². The Morgan fingerprint density at radius 1 is 1.40 bits per heavy atom. The maximum Gasteiger partial charge on any atom is 0.301 e. The third-order valence-corrected chi connectivity index (χ3v) is 3.69. The van der Waals surface area contributed by atoms with Gasteiger partial charge in [0.15, 0.2) is 5.03 Å². The van der Waals surface area contributed by atoms with Crippen molar-refractivity contribution in [2.24, 2.45) is 0 Å². The molecule has 0 aliphatic rings. The van der Waals surface area contributed by atoms with Crippen molar-refractivity contribution >= 4 is 28.8 Å². The molecule has 76 valence electrons. The van der Waals surface area contributed by atoms with Crippen LogP contribution < -0.4 is 0 Å². The Bertz CT molecular complexity index is 471. The van der Waals surface area contributed by atoms with Gasteiger partial charge in [0, 0.05) is 12.3 Å². The van der Waals surface area contributed by atoms with Gasteiger partial charge < -0.3 is 0 Å². The zero-order chi connectivity index (χ0) is 10.7. The summed E-state index contributed by atoms with van der Waals surface area (Å²) in [7, 11) is 0. The van der Waals surface area contributed by atoms with E-state index in [4.69, 9.17) is 0 Å². The Morgan fingerprint density at radius 3 is 2.93 bits per heavy atom. The van der Waals surface area contributed by atoms with Crippen LogP contribution in [-0.4, -0.2) is 9.91 Å². The number of aromatic nitrogens is 1. The molecule has 0 aliphatic heterocycles. The molecule has 2 aromatic rings. The lowest BCUT2D eigenvalue weighted by Gasteiger charge is -1.98. The highest BCUT2D eigenvalue weighted by Gasteiger charge is 2.15. The summed E-state index contributed by atoms with van der Waals surface area (Å²) in [6.45, 7) is 0. The molecule has 0 radical (unpaired) electrons. The van der Waals surface area contributed by atoms with Crippen LogP contribution in [0.3, 0.4) is 0 Å². The lowest BCUT2D eigenvalue weighted by Crippen LogP contribution is -1.91. The van der Waals surface area contributed by atoms with Crippen molar-refractivity contribution in [2.45, 2.75) is 9.24 Å². The summed E-state index contributed by atoms with van der Waals surface area (Å²) in [5, 5.41) is 13.1. The first-order chi connectivity index (χ1) is 7.27. The van der Waals surface area contributed by atoms with Crippen LogP contribution in [0.25, 0.3) is 0 Å². The van der Waals surface area contributed by atoms with Crippen LogP contribution in [0.15, 0.2) is 45.1 Å². The quantitative estimate of drug-likeness (QED) is 0.608. The molecule has 4 nitrogen and oxygen atoms in total. The van der Waals surface area contributed by atoms with Crippen molar-refractivity contribution in [1.82, 2.24) is 4.98 Å². The monoisotopic (exact) mass is 238 g/mol. The van der Waals surface area contributed by atoms with Crippen LogP contribution in [0.2, 0.25) is 0 Å².